The number of nitrogens with one attached hydrogen (secondary N) is 3. The van der Waals surface area contributed by atoms with Gasteiger partial charge in [0.1, 0.15) is 6.04 Å². The maximum absolute atomic E-state index is 13.1. The molecule has 0 spiro atoms. The number of aliphatic imine (C=N–C) groups is 1. The van der Waals surface area contributed by atoms with Gasteiger partial charge < -0.3 is 21.3 Å². The quantitative estimate of drug-likeness (QED) is 0.123. The molecule has 4 aliphatic heterocycles. The number of hydrogen-bond acceptors (Lipinski definition) is 11. The van der Waals surface area contributed by atoms with Crippen molar-refractivity contribution in [2.45, 2.75) is 75.8 Å². The third-order valence-corrected chi connectivity index (χ3v) is 10.7. The minimum atomic E-state index is -0.989. The van der Waals surface area contributed by atoms with Crippen molar-refractivity contribution in [2.24, 2.45) is 10.7 Å². The molecule has 3 aromatic rings. The molecule has 5 N–H and O–H groups in total. The van der Waals surface area contributed by atoms with Gasteiger partial charge >= 0.3 is 0 Å². The molecule has 0 bridgehead atoms. The van der Waals surface area contributed by atoms with Crippen molar-refractivity contribution in [2.75, 3.05) is 38.0 Å². The molecule has 0 saturated carbocycles. The predicted octanol–water partition coefficient (Wildman–Crippen LogP) is 3.14. The first-order valence-corrected chi connectivity index (χ1v) is 18.6. The van der Waals surface area contributed by atoms with Gasteiger partial charge in [0.25, 0.3) is 11.8 Å². The van der Waals surface area contributed by atoms with E-state index in [1.54, 1.807) is 30.6 Å². The number of hydrogen-bond donors (Lipinski definition) is 4. The third-order valence-electron chi connectivity index (χ3n) is 10.7. The second kappa shape index (κ2) is 16.0. The number of benzene rings is 2. The standard InChI is InChI=1S/C39H45N9O5/c40-20-25(32-23-44-31-6-4-5-28(36(31)45-32)24-12-16-41-21-24)22-43-26-13-17-47(18-14-26)35(50)7-2-1-3-15-42-27-8-9-29-30(19-27)39(53)48(38(29)52)33-10-11-34(49)46-37(33)51/h4-6,8-9,19-20,22-24,26,33,41-42H,1-3,7,10-18,21,40H2,(H,46,49,51). The van der Waals surface area contributed by atoms with E-state index < -0.39 is 29.7 Å². The van der Waals surface area contributed by atoms with Gasteiger partial charge in [-0.1, -0.05) is 18.6 Å². The van der Waals surface area contributed by atoms with E-state index in [9.17, 15) is 24.0 Å². The van der Waals surface area contributed by atoms with Crippen molar-refractivity contribution in [3.63, 3.8) is 0 Å². The fourth-order valence-electron chi connectivity index (χ4n) is 7.64. The highest BCUT2D eigenvalue weighted by Crippen LogP contribution is 2.31. The first-order valence-electron chi connectivity index (χ1n) is 18.6. The summed E-state index contributed by atoms with van der Waals surface area (Å²) in [4.78, 5) is 80.1. The second-order valence-corrected chi connectivity index (χ2v) is 14.1. The Hall–Kier alpha value is -5.50. The molecule has 4 aliphatic rings. The zero-order chi connectivity index (χ0) is 36.9. The van der Waals surface area contributed by atoms with Crippen LogP contribution in [-0.2, 0) is 14.4 Å². The van der Waals surface area contributed by atoms with Crippen molar-refractivity contribution in [3.8, 4) is 0 Å². The molecule has 0 radical (unpaired) electrons. The van der Waals surface area contributed by atoms with E-state index in [4.69, 9.17) is 15.7 Å². The van der Waals surface area contributed by atoms with Gasteiger partial charge in [0, 0.05) is 62.7 Å². The molecule has 0 aliphatic carbocycles. The monoisotopic (exact) mass is 719 g/mol. The number of likely N-dealkylation sites (tertiary alicyclic amines) is 1. The molecule has 7 rings (SSSR count). The van der Waals surface area contributed by atoms with Gasteiger partial charge in [0.05, 0.1) is 40.1 Å². The lowest BCUT2D eigenvalue weighted by molar-refractivity contribution is -0.136. The molecule has 3 saturated heterocycles. The average Bonchev–Trinajstić information content (AvgIpc) is 3.80. The summed E-state index contributed by atoms with van der Waals surface area (Å²) >= 11 is 0. The normalized spacial score (nSPS) is 21.2. The molecule has 276 valence electrons. The van der Waals surface area contributed by atoms with Crippen molar-refractivity contribution in [1.82, 2.24) is 30.4 Å². The van der Waals surface area contributed by atoms with Crippen LogP contribution in [0.15, 0.2) is 53.8 Å². The molecular weight excluding hydrogens is 674 g/mol. The van der Waals surface area contributed by atoms with E-state index in [2.05, 4.69) is 27.0 Å². The number of imide groups is 2. The fraction of sp³-hybridized carbons (Fsp3) is 0.436. The molecule has 14 heteroatoms. The van der Waals surface area contributed by atoms with E-state index in [-0.39, 0.29) is 35.9 Å². The van der Waals surface area contributed by atoms with Crippen LogP contribution in [0, 0.1) is 0 Å². The molecular formula is C39H45N9O5. The number of carbonyl (C=O) groups is 5. The number of unbranched alkanes of at least 4 members (excludes halogenated alkanes) is 2. The Labute approximate surface area is 307 Å². The summed E-state index contributed by atoms with van der Waals surface area (Å²) in [5.41, 5.74) is 11.6. The van der Waals surface area contributed by atoms with Crippen molar-refractivity contribution < 1.29 is 24.0 Å². The van der Waals surface area contributed by atoms with Crippen LogP contribution in [0.1, 0.15) is 95.7 Å². The van der Waals surface area contributed by atoms with Crippen LogP contribution in [0.4, 0.5) is 5.69 Å². The summed E-state index contributed by atoms with van der Waals surface area (Å²) < 4.78 is 0. The molecule has 3 fully saturated rings. The number of amides is 5. The highest BCUT2D eigenvalue weighted by atomic mass is 16.2. The number of fused-ring (bicyclic) bond motifs is 2. The van der Waals surface area contributed by atoms with Crippen molar-refractivity contribution >= 4 is 58.0 Å². The van der Waals surface area contributed by atoms with E-state index in [1.807, 2.05) is 17.0 Å². The van der Waals surface area contributed by atoms with Gasteiger partial charge in [-0.3, -0.25) is 44.2 Å². The average molecular weight is 720 g/mol. The van der Waals surface area contributed by atoms with Crippen LogP contribution in [-0.4, -0.2) is 100 Å². The Bertz CT molecular complexity index is 1980. The fourth-order valence-corrected chi connectivity index (χ4v) is 7.64. The number of anilines is 1. The lowest BCUT2D eigenvalue weighted by atomic mass is 9.96. The molecule has 53 heavy (non-hydrogen) atoms. The van der Waals surface area contributed by atoms with E-state index in [1.165, 1.54) is 11.8 Å². The summed E-state index contributed by atoms with van der Waals surface area (Å²) in [5, 5.41) is 8.94. The molecule has 5 heterocycles. The Morgan fingerprint density at radius 1 is 1.00 bits per heavy atom. The van der Waals surface area contributed by atoms with Gasteiger partial charge in [-0.05, 0) is 80.8 Å². The zero-order valence-electron chi connectivity index (χ0n) is 29.7. The molecule has 14 nitrogen and oxygen atoms in total. The summed E-state index contributed by atoms with van der Waals surface area (Å²) in [5.74, 6) is -1.52. The number of piperidine rings is 2. The van der Waals surface area contributed by atoms with Crippen molar-refractivity contribution in [1.29, 1.82) is 0 Å². The topological polar surface area (TPSA) is 192 Å². The van der Waals surface area contributed by atoms with Gasteiger partial charge in [0.2, 0.25) is 17.7 Å². The predicted molar refractivity (Wildman–Crippen MR) is 200 cm³/mol. The van der Waals surface area contributed by atoms with Crippen LogP contribution in [0.5, 0.6) is 0 Å². The van der Waals surface area contributed by atoms with Gasteiger partial charge in [0.15, 0.2) is 0 Å². The first-order chi connectivity index (χ1) is 25.8. The molecule has 1 aromatic heterocycles. The number of nitrogens with two attached hydrogens (primary N) is 1. The highest BCUT2D eigenvalue weighted by molar-refractivity contribution is 6.23. The lowest BCUT2D eigenvalue weighted by Gasteiger charge is -2.30. The molecule has 5 amide bonds. The maximum Gasteiger partial charge on any atom is 0.262 e. The number of aromatic nitrogens is 2. The third kappa shape index (κ3) is 7.82. The smallest absolute Gasteiger partial charge is 0.262 e. The number of allylic oxidation sites excluding steroid dienone is 1. The Morgan fingerprint density at radius 2 is 1.83 bits per heavy atom. The first kappa shape index (κ1) is 35.9. The van der Waals surface area contributed by atoms with Crippen molar-refractivity contribution in [3.05, 3.63) is 71.2 Å². The Balaban J connectivity index is 0.824. The van der Waals surface area contributed by atoms with Gasteiger partial charge in [-0.25, -0.2) is 4.98 Å². The van der Waals surface area contributed by atoms with Crippen LogP contribution in [0.25, 0.3) is 16.6 Å². The molecule has 2 unspecified atom stereocenters. The zero-order valence-corrected chi connectivity index (χ0v) is 29.7. The van der Waals surface area contributed by atoms with E-state index in [0.29, 0.717) is 43.4 Å². The van der Waals surface area contributed by atoms with Crippen LogP contribution >= 0.6 is 0 Å². The number of carbonyl (C=O) groups excluding carboxylic acids is 5. The summed E-state index contributed by atoms with van der Waals surface area (Å²) in [6.07, 6.45) is 10.9. The van der Waals surface area contributed by atoms with Crippen LogP contribution in [0.2, 0.25) is 0 Å². The van der Waals surface area contributed by atoms with Gasteiger partial charge in [-0.15, -0.1) is 0 Å². The SMILES string of the molecule is NC=C(C=NC1CCN(C(=O)CCCCCNc2ccc3c(c2)C(=O)N(C2CCC(=O)NC2=O)C3=O)CC1)c1cnc2cccc(C3CCNC3)c2n1. The number of nitrogens with zero attached hydrogens (tertiary/aromatic N) is 5. The van der Waals surface area contributed by atoms with Crippen LogP contribution < -0.4 is 21.7 Å². The van der Waals surface area contributed by atoms with E-state index >= 15 is 0 Å². The highest BCUT2D eigenvalue weighted by Gasteiger charge is 2.44. The summed E-state index contributed by atoms with van der Waals surface area (Å²) in [7, 11) is 0. The van der Waals surface area contributed by atoms with Gasteiger partial charge in [-0.2, -0.15) is 0 Å². The number of para-hydroxylation sites is 1. The Kier molecular flexibility index (Phi) is 10.9. The van der Waals surface area contributed by atoms with Crippen LogP contribution in [0.3, 0.4) is 0 Å². The number of rotatable bonds is 12. The minimum absolute atomic E-state index is 0.0775. The second-order valence-electron chi connectivity index (χ2n) is 14.1. The largest absolute Gasteiger partial charge is 0.404 e. The minimum Gasteiger partial charge on any atom is -0.404 e. The summed E-state index contributed by atoms with van der Waals surface area (Å²) in [6.45, 7) is 3.91. The Morgan fingerprint density at radius 3 is 2.60 bits per heavy atom. The molecule has 2 aromatic carbocycles. The summed E-state index contributed by atoms with van der Waals surface area (Å²) in [6, 6.07) is 10.2. The maximum atomic E-state index is 13.1. The lowest BCUT2D eigenvalue weighted by Crippen LogP contribution is -2.54. The molecule has 2 atom stereocenters. The van der Waals surface area contributed by atoms with E-state index in [0.717, 1.165) is 73.1 Å².